The fraction of sp³-hybridized carbons (Fsp3) is 0.368. The van der Waals surface area contributed by atoms with Crippen LogP contribution >= 0.6 is 11.3 Å². The Kier molecular flexibility index (Phi) is 6.18. The van der Waals surface area contributed by atoms with Gasteiger partial charge in [-0.25, -0.2) is 4.98 Å². The van der Waals surface area contributed by atoms with Gasteiger partial charge in [-0.05, 0) is 31.9 Å². The molecule has 1 saturated heterocycles. The van der Waals surface area contributed by atoms with Crippen LogP contribution in [-0.4, -0.2) is 47.2 Å². The van der Waals surface area contributed by atoms with E-state index in [2.05, 4.69) is 15.6 Å². The summed E-state index contributed by atoms with van der Waals surface area (Å²) < 4.78 is 0. The molecule has 2 heterocycles. The van der Waals surface area contributed by atoms with Crippen molar-refractivity contribution in [1.29, 1.82) is 0 Å². The molecule has 1 aliphatic heterocycles. The Hall–Kier alpha value is -2.74. The van der Waals surface area contributed by atoms with Gasteiger partial charge in [-0.1, -0.05) is 18.2 Å². The first kappa shape index (κ1) is 19.0. The van der Waals surface area contributed by atoms with E-state index in [4.69, 9.17) is 0 Å². The predicted octanol–water partition coefficient (Wildman–Crippen LogP) is 2.06. The van der Waals surface area contributed by atoms with Crippen molar-refractivity contribution in [2.24, 2.45) is 5.92 Å². The van der Waals surface area contributed by atoms with Crippen molar-refractivity contribution in [2.75, 3.05) is 25.0 Å². The lowest BCUT2D eigenvalue weighted by molar-refractivity contribution is -0.133. The molecule has 1 aromatic heterocycles. The van der Waals surface area contributed by atoms with Crippen LogP contribution in [0.25, 0.3) is 0 Å². The summed E-state index contributed by atoms with van der Waals surface area (Å²) in [5.41, 5.74) is 0.514. The molecule has 0 radical (unpaired) electrons. The predicted molar refractivity (Wildman–Crippen MR) is 104 cm³/mol. The molecule has 0 unspecified atom stereocenters. The summed E-state index contributed by atoms with van der Waals surface area (Å²) >= 11 is 1.43. The van der Waals surface area contributed by atoms with E-state index in [9.17, 15) is 14.4 Å². The number of carbonyl (C=O) groups excluding carboxylic acids is 3. The van der Waals surface area contributed by atoms with Gasteiger partial charge in [0.25, 0.3) is 5.91 Å². The van der Waals surface area contributed by atoms with Gasteiger partial charge >= 0.3 is 0 Å². The highest BCUT2D eigenvalue weighted by molar-refractivity contribution is 7.15. The monoisotopic (exact) mass is 386 g/mol. The summed E-state index contributed by atoms with van der Waals surface area (Å²) in [5.74, 6) is -0.844. The number of hydrogen-bond acceptors (Lipinski definition) is 5. The highest BCUT2D eigenvalue weighted by Crippen LogP contribution is 2.21. The van der Waals surface area contributed by atoms with Gasteiger partial charge in [-0.15, -0.1) is 11.3 Å². The van der Waals surface area contributed by atoms with Crippen molar-refractivity contribution >= 4 is 34.2 Å². The minimum Gasteiger partial charge on any atom is -0.343 e. The number of aromatic nitrogens is 1. The van der Waals surface area contributed by atoms with Gasteiger partial charge in [0.15, 0.2) is 5.13 Å². The van der Waals surface area contributed by atoms with Gasteiger partial charge in [0.2, 0.25) is 11.8 Å². The smallest absolute Gasteiger partial charge is 0.251 e. The van der Waals surface area contributed by atoms with Crippen molar-refractivity contribution in [3.8, 4) is 0 Å². The summed E-state index contributed by atoms with van der Waals surface area (Å²) in [7, 11) is 0. The second kappa shape index (κ2) is 8.77. The van der Waals surface area contributed by atoms with Crippen molar-refractivity contribution in [3.63, 3.8) is 0 Å². The minimum atomic E-state index is -0.283. The molecule has 2 aromatic rings. The van der Waals surface area contributed by atoms with Crippen LogP contribution in [0.2, 0.25) is 0 Å². The number of aryl methyl sites for hydroxylation is 1. The number of nitrogens with one attached hydrogen (secondary N) is 2. The zero-order chi connectivity index (χ0) is 19.2. The van der Waals surface area contributed by atoms with E-state index < -0.39 is 0 Å². The Morgan fingerprint density at radius 3 is 2.74 bits per heavy atom. The second-order valence-corrected chi connectivity index (χ2v) is 7.73. The fourth-order valence-corrected chi connectivity index (χ4v) is 3.66. The fourth-order valence-electron chi connectivity index (χ4n) is 3.00. The molecule has 7 nitrogen and oxygen atoms in total. The first-order valence-corrected chi connectivity index (χ1v) is 9.69. The number of thiazole rings is 1. The minimum absolute atomic E-state index is 0.0757. The lowest BCUT2D eigenvalue weighted by Crippen LogP contribution is -2.47. The Balaban J connectivity index is 1.50. The average Bonchev–Trinajstić information content (AvgIpc) is 3.11. The SMILES string of the molecule is Cc1cnc(NC(=O)[C@@H]2CCCN(C(=O)CNC(=O)c3ccccc3)C2)s1. The molecule has 0 spiro atoms. The maximum atomic E-state index is 12.4. The third kappa shape index (κ3) is 5.13. The number of nitrogens with zero attached hydrogens (tertiary/aromatic N) is 2. The third-order valence-corrected chi connectivity index (χ3v) is 5.26. The normalized spacial score (nSPS) is 16.6. The molecule has 142 valence electrons. The number of piperidine rings is 1. The van der Waals surface area contributed by atoms with E-state index in [1.54, 1.807) is 35.4 Å². The Morgan fingerprint density at radius 2 is 2.04 bits per heavy atom. The van der Waals surface area contributed by atoms with E-state index >= 15 is 0 Å². The number of rotatable bonds is 5. The van der Waals surface area contributed by atoms with Crippen molar-refractivity contribution in [3.05, 3.63) is 47.0 Å². The molecule has 0 saturated carbocycles. The van der Waals surface area contributed by atoms with Gasteiger partial charge in [0, 0.05) is 29.7 Å². The maximum Gasteiger partial charge on any atom is 0.251 e. The molecule has 1 fully saturated rings. The van der Waals surface area contributed by atoms with E-state index in [1.807, 2.05) is 13.0 Å². The van der Waals surface area contributed by atoms with Gasteiger partial charge in [-0.2, -0.15) is 0 Å². The van der Waals surface area contributed by atoms with Crippen LogP contribution in [0.4, 0.5) is 5.13 Å². The Bertz CT molecular complexity index is 821. The number of amides is 3. The number of anilines is 1. The molecule has 1 atom stereocenters. The first-order chi connectivity index (χ1) is 13.0. The number of benzene rings is 1. The van der Waals surface area contributed by atoms with Crippen LogP contribution in [0, 0.1) is 12.8 Å². The van der Waals surface area contributed by atoms with Crippen LogP contribution in [0.3, 0.4) is 0 Å². The summed E-state index contributed by atoms with van der Waals surface area (Å²) in [6.45, 7) is 2.81. The molecule has 3 rings (SSSR count). The number of hydrogen-bond donors (Lipinski definition) is 2. The molecule has 3 amide bonds. The van der Waals surface area contributed by atoms with Crippen LogP contribution in [0.15, 0.2) is 36.5 Å². The number of carbonyl (C=O) groups is 3. The molecule has 0 aliphatic carbocycles. The quantitative estimate of drug-likeness (QED) is 0.823. The lowest BCUT2D eigenvalue weighted by Gasteiger charge is -2.32. The standard InChI is InChI=1S/C19H22N4O3S/c1-13-10-21-19(27-13)22-18(26)15-8-5-9-23(12-15)16(24)11-20-17(25)14-6-3-2-4-7-14/h2-4,6-7,10,15H,5,8-9,11-12H2,1H3,(H,20,25)(H,21,22,26)/t15-/m1/s1. The van der Waals surface area contributed by atoms with Crippen molar-refractivity contribution in [2.45, 2.75) is 19.8 Å². The molecule has 8 heteroatoms. The number of likely N-dealkylation sites (tertiary alicyclic amines) is 1. The van der Waals surface area contributed by atoms with Crippen LogP contribution in [0.5, 0.6) is 0 Å². The highest BCUT2D eigenvalue weighted by Gasteiger charge is 2.29. The van der Waals surface area contributed by atoms with E-state index in [0.717, 1.165) is 17.7 Å². The van der Waals surface area contributed by atoms with Crippen LogP contribution < -0.4 is 10.6 Å². The lowest BCUT2D eigenvalue weighted by atomic mass is 9.97. The van der Waals surface area contributed by atoms with Gasteiger partial charge in [0.1, 0.15) is 0 Å². The van der Waals surface area contributed by atoms with E-state index in [-0.39, 0.29) is 30.2 Å². The highest BCUT2D eigenvalue weighted by atomic mass is 32.1. The summed E-state index contributed by atoms with van der Waals surface area (Å²) in [5, 5.41) is 6.05. The maximum absolute atomic E-state index is 12.4. The zero-order valence-electron chi connectivity index (χ0n) is 15.1. The van der Waals surface area contributed by atoms with Crippen LogP contribution in [-0.2, 0) is 9.59 Å². The molecule has 1 aliphatic rings. The summed E-state index contributed by atoms with van der Waals surface area (Å²) in [6, 6.07) is 8.76. The molecule has 0 bridgehead atoms. The third-order valence-electron chi connectivity index (χ3n) is 4.43. The van der Waals surface area contributed by atoms with Crippen LogP contribution in [0.1, 0.15) is 28.1 Å². The summed E-state index contributed by atoms with van der Waals surface area (Å²) in [6.07, 6.45) is 3.20. The molecule has 27 heavy (non-hydrogen) atoms. The van der Waals surface area contributed by atoms with Crippen molar-refractivity contribution < 1.29 is 14.4 Å². The van der Waals surface area contributed by atoms with E-state index in [0.29, 0.717) is 23.8 Å². The Morgan fingerprint density at radius 1 is 1.26 bits per heavy atom. The Labute approximate surface area is 161 Å². The summed E-state index contributed by atoms with van der Waals surface area (Å²) in [4.78, 5) is 43.7. The largest absolute Gasteiger partial charge is 0.343 e. The van der Waals surface area contributed by atoms with E-state index in [1.165, 1.54) is 11.3 Å². The zero-order valence-corrected chi connectivity index (χ0v) is 15.9. The van der Waals surface area contributed by atoms with Gasteiger partial charge < -0.3 is 15.5 Å². The first-order valence-electron chi connectivity index (χ1n) is 8.87. The van der Waals surface area contributed by atoms with Crippen molar-refractivity contribution in [1.82, 2.24) is 15.2 Å². The average molecular weight is 386 g/mol. The second-order valence-electron chi connectivity index (χ2n) is 6.49. The topological polar surface area (TPSA) is 91.4 Å². The molecule has 2 N–H and O–H groups in total. The van der Waals surface area contributed by atoms with Gasteiger partial charge in [-0.3, -0.25) is 14.4 Å². The molecule has 1 aromatic carbocycles. The molecular weight excluding hydrogens is 364 g/mol. The molecular formula is C19H22N4O3S. The van der Waals surface area contributed by atoms with Gasteiger partial charge in [0.05, 0.1) is 12.5 Å².